The first-order valence-electron chi connectivity index (χ1n) is 5.84. The van der Waals surface area contributed by atoms with Crippen LogP contribution in [0.4, 0.5) is 0 Å². The molecule has 0 bridgehead atoms. The zero-order chi connectivity index (χ0) is 12.3. The molecule has 0 amide bonds. The Kier molecular flexibility index (Phi) is 5.49. The first kappa shape index (κ1) is 15.3. The molecule has 0 aromatic carbocycles. The summed E-state index contributed by atoms with van der Waals surface area (Å²) < 4.78 is 24.2. The number of rotatable bonds is 3. The van der Waals surface area contributed by atoms with Crippen molar-refractivity contribution >= 4 is 22.2 Å². The van der Waals surface area contributed by atoms with Crippen molar-refractivity contribution in [3.63, 3.8) is 0 Å². The highest BCUT2D eigenvalue weighted by molar-refractivity contribution is 7.91. The number of nitrogens with zero attached hydrogens (tertiary/aromatic N) is 2. The van der Waals surface area contributed by atoms with E-state index in [-0.39, 0.29) is 29.4 Å². The zero-order valence-electron chi connectivity index (χ0n) is 10.3. The van der Waals surface area contributed by atoms with E-state index in [2.05, 4.69) is 15.3 Å². The molecular weight excluding hydrogens is 274 g/mol. The summed E-state index contributed by atoms with van der Waals surface area (Å²) in [6.07, 6.45) is 4.61. The molecule has 102 valence electrons. The van der Waals surface area contributed by atoms with E-state index < -0.39 is 9.84 Å². The summed E-state index contributed by atoms with van der Waals surface area (Å²) in [4.78, 5) is 7.83. The molecule has 0 saturated carbocycles. The standard InChI is InChI=1S/C11H17N3O2S.ClH/c1-9-5-7-13-11(14-9)17(15,16)8-10-4-2-3-6-12-10;/h5,7,10,12H,2-4,6,8H2,1H3;1H. The number of hydrogen-bond acceptors (Lipinski definition) is 5. The maximum Gasteiger partial charge on any atom is 0.247 e. The van der Waals surface area contributed by atoms with Crippen LogP contribution < -0.4 is 5.32 Å². The Morgan fingerprint density at radius 2 is 2.22 bits per heavy atom. The molecular formula is C11H18ClN3O2S. The zero-order valence-corrected chi connectivity index (χ0v) is 11.9. The first-order valence-corrected chi connectivity index (χ1v) is 7.49. The average molecular weight is 292 g/mol. The van der Waals surface area contributed by atoms with Crippen molar-refractivity contribution in [2.24, 2.45) is 0 Å². The summed E-state index contributed by atoms with van der Waals surface area (Å²) in [6.45, 7) is 2.66. The predicted molar refractivity (Wildman–Crippen MR) is 71.7 cm³/mol. The molecule has 1 saturated heterocycles. The van der Waals surface area contributed by atoms with Gasteiger partial charge >= 0.3 is 0 Å². The summed E-state index contributed by atoms with van der Waals surface area (Å²) in [5.74, 6) is 0.0937. The van der Waals surface area contributed by atoms with Gasteiger partial charge in [0, 0.05) is 17.9 Å². The molecule has 1 unspecified atom stereocenters. The van der Waals surface area contributed by atoms with E-state index in [1.165, 1.54) is 6.20 Å². The minimum absolute atomic E-state index is 0. The van der Waals surface area contributed by atoms with E-state index in [9.17, 15) is 8.42 Å². The van der Waals surface area contributed by atoms with Gasteiger partial charge in [-0.25, -0.2) is 18.4 Å². The number of aromatic nitrogens is 2. The SMILES string of the molecule is Cc1ccnc(S(=O)(=O)CC2CCCCN2)n1.Cl. The van der Waals surface area contributed by atoms with Crippen molar-refractivity contribution in [1.82, 2.24) is 15.3 Å². The minimum Gasteiger partial charge on any atom is -0.313 e. The Morgan fingerprint density at radius 3 is 2.83 bits per heavy atom. The van der Waals surface area contributed by atoms with Crippen molar-refractivity contribution < 1.29 is 8.42 Å². The van der Waals surface area contributed by atoms with Gasteiger partial charge in [-0.1, -0.05) is 6.42 Å². The molecule has 18 heavy (non-hydrogen) atoms. The maximum absolute atomic E-state index is 12.1. The van der Waals surface area contributed by atoms with Gasteiger partial charge in [-0.3, -0.25) is 0 Å². The van der Waals surface area contributed by atoms with Gasteiger partial charge in [-0.05, 0) is 32.4 Å². The number of sulfone groups is 1. The molecule has 1 fully saturated rings. The van der Waals surface area contributed by atoms with Gasteiger partial charge in [-0.15, -0.1) is 12.4 Å². The second kappa shape index (κ2) is 6.45. The monoisotopic (exact) mass is 291 g/mol. The van der Waals surface area contributed by atoms with Crippen LogP contribution >= 0.6 is 12.4 Å². The molecule has 1 atom stereocenters. The number of halogens is 1. The normalized spacial score (nSPS) is 20.2. The average Bonchev–Trinajstić information content (AvgIpc) is 2.30. The summed E-state index contributed by atoms with van der Waals surface area (Å²) >= 11 is 0. The van der Waals surface area contributed by atoms with Gasteiger partial charge in [0.05, 0.1) is 5.75 Å². The number of hydrogen-bond donors (Lipinski definition) is 1. The number of nitrogens with one attached hydrogen (secondary N) is 1. The van der Waals surface area contributed by atoms with Gasteiger partial charge in [0.1, 0.15) is 0 Å². The van der Waals surface area contributed by atoms with Crippen LogP contribution in [0.1, 0.15) is 25.0 Å². The van der Waals surface area contributed by atoms with Crippen LogP contribution in [0.2, 0.25) is 0 Å². The highest BCUT2D eigenvalue weighted by Crippen LogP contribution is 2.13. The van der Waals surface area contributed by atoms with E-state index in [1.54, 1.807) is 13.0 Å². The molecule has 2 heterocycles. The summed E-state index contributed by atoms with van der Waals surface area (Å²) in [7, 11) is -3.37. The quantitative estimate of drug-likeness (QED) is 0.845. The summed E-state index contributed by atoms with van der Waals surface area (Å²) in [5, 5.41) is 3.17. The molecule has 5 nitrogen and oxygen atoms in total. The second-order valence-electron chi connectivity index (χ2n) is 4.41. The van der Waals surface area contributed by atoms with E-state index in [4.69, 9.17) is 0 Å². The van der Waals surface area contributed by atoms with Crippen molar-refractivity contribution in [2.75, 3.05) is 12.3 Å². The fourth-order valence-corrected chi connectivity index (χ4v) is 3.45. The number of piperidine rings is 1. The highest BCUT2D eigenvalue weighted by atomic mass is 35.5. The molecule has 0 radical (unpaired) electrons. The smallest absolute Gasteiger partial charge is 0.247 e. The molecule has 1 aromatic heterocycles. The van der Waals surface area contributed by atoms with Gasteiger partial charge in [0.25, 0.3) is 0 Å². The van der Waals surface area contributed by atoms with Gasteiger partial charge < -0.3 is 5.32 Å². The van der Waals surface area contributed by atoms with E-state index >= 15 is 0 Å². The molecule has 0 aliphatic carbocycles. The largest absolute Gasteiger partial charge is 0.313 e. The third-order valence-electron chi connectivity index (χ3n) is 2.88. The Hall–Kier alpha value is -0.720. The third kappa shape index (κ3) is 3.90. The van der Waals surface area contributed by atoms with E-state index in [0.29, 0.717) is 5.69 Å². The molecule has 7 heteroatoms. The Balaban J connectivity index is 0.00000162. The third-order valence-corrected chi connectivity index (χ3v) is 4.48. The maximum atomic E-state index is 12.1. The van der Waals surface area contributed by atoms with Crippen molar-refractivity contribution in [3.05, 3.63) is 18.0 Å². The lowest BCUT2D eigenvalue weighted by Gasteiger charge is -2.22. The lowest BCUT2D eigenvalue weighted by atomic mass is 10.1. The van der Waals surface area contributed by atoms with Gasteiger partial charge in [0.15, 0.2) is 0 Å². The lowest BCUT2D eigenvalue weighted by molar-refractivity contribution is 0.423. The topological polar surface area (TPSA) is 72.0 Å². The molecule has 1 aliphatic rings. The van der Waals surface area contributed by atoms with Crippen LogP contribution in [0.5, 0.6) is 0 Å². The lowest BCUT2D eigenvalue weighted by Crippen LogP contribution is -2.39. The fourth-order valence-electron chi connectivity index (χ4n) is 1.98. The van der Waals surface area contributed by atoms with E-state index in [1.807, 2.05) is 0 Å². The van der Waals surface area contributed by atoms with Crippen LogP contribution in [0.25, 0.3) is 0 Å². The Labute approximate surface area is 114 Å². The first-order chi connectivity index (χ1) is 8.08. The highest BCUT2D eigenvalue weighted by Gasteiger charge is 2.24. The summed E-state index contributed by atoms with van der Waals surface area (Å²) in [5.41, 5.74) is 0.676. The van der Waals surface area contributed by atoms with Crippen LogP contribution in [0.15, 0.2) is 17.4 Å². The van der Waals surface area contributed by atoms with Crippen molar-refractivity contribution in [3.8, 4) is 0 Å². The van der Waals surface area contributed by atoms with Gasteiger partial charge in [0.2, 0.25) is 15.0 Å². The Bertz CT molecular complexity index is 487. The minimum atomic E-state index is -3.37. The van der Waals surface area contributed by atoms with Crippen molar-refractivity contribution in [1.29, 1.82) is 0 Å². The van der Waals surface area contributed by atoms with E-state index in [0.717, 1.165) is 25.8 Å². The Morgan fingerprint density at radius 1 is 1.44 bits per heavy atom. The molecule has 1 aromatic rings. The van der Waals surface area contributed by atoms with Crippen LogP contribution in [-0.4, -0.2) is 36.7 Å². The fraction of sp³-hybridized carbons (Fsp3) is 0.636. The molecule has 2 rings (SSSR count). The predicted octanol–water partition coefficient (Wildman–Crippen LogP) is 1.12. The van der Waals surface area contributed by atoms with Crippen LogP contribution in [-0.2, 0) is 9.84 Å². The van der Waals surface area contributed by atoms with Crippen LogP contribution in [0, 0.1) is 6.92 Å². The van der Waals surface area contributed by atoms with Crippen LogP contribution in [0.3, 0.4) is 0 Å². The van der Waals surface area contributed by atoms with Crippen molar-refractivity contribution in [2.45, 2.75) is 37.4 Å². The molecule has 1 N–H and O–H groups in total. The number of aryl methyl sites for hydroxylation is 1. The second-order valence-corrected chi connectivity index (χ2v) is 6.34. The summed E-state index contributed by atoms with van der Waals surface area (Å²) in [6, 6.07) is 1.73. The van der Waals surface area contributed by atoms with Gasteiger partial charge in [-0.2, -0.15) is 0 Å². The molecule has 1 aliphatic heterocycles. The molecule has 0 spiro atoms.